The summed E-state index contributed by atoms with van der Waals surface area (Å²) in [6, 6.07) is 4.29. The lowest BCUT2D eigenvalue weighted by Gasteiger charge is -2.23. The molecular formula is C18H14F6N2O2. The molecule has 0 spiro atoms. The molecule has 0 aliphatic rings. The Balaban J connectivity index is 3.15. The summed E-state index contributed by atoms with van der Waals surface area (Å²) in [5, 5.41) is 0. The quantitative estimate of drug-likeness (QED) is 0.541. The molecule has 0 aromatic heterocycles. The molecule has 0 saturated heterocycles. The van der Waals surface area contributed by atoms with Crippen molar-refractivity contribution in [3.8, 4) is 24.7 Å². The van der Waals surface area contributed by atoms with Crippen LogP contribution in [-0.2, 0) is 0 Å². The Morgan fingerprint density at radius 1 is 0.821 bits per heavy atom. The van der Waals surface area contributed by atoms with E-state index in [9.17, 15) is 35.9 Å². The smallest absolute Gasteiger partial charge is 0.318 e. The first kappa shape index (κ1) is 22.9. The molecule has 4 nitrogen and oxygen atoms in total. The third kappa shape index (κ3) is 7.23. The van der Waals surface area contributed by atoms with Gasteiger partial charge in [-0.2, -0.15) is 26.3 Å². The SMILES string of the molecule is C#CCN(CC(F)(F)F)C(=O)c1cccc(C(=O)N(CC#C)CC(F)(F)F)c1. The van der Waals surface area contributed by atoms with E-state index in [1.807, 2.05) is 11.8 Å². The molecular weight excluding hydrogens is 390 g/mol. The maximum absolute atomic E-state index is 12.6. The molecule has 0 fully saturated rings. The fourth-order valence-electron chi connectivity index (χ4n) is 2.20. The number of halogens is 6. The van der Waals surface area contributed by atoms with E-state index in [0.29, 0.717) is 9.80 Å². The Hall–Kier alpha value is -3.14. The fraction of sp³-hybridized carbons (Fsp3) is 0.333. The summed E-state index contributed by atoms with van der Waals surface area (Å²) in [4.78, 5) is 25.3. The summed E-state index contributed by atoms with van der Waals surface area (Å²) < 4.78 is 75.7. The standard InChI is InChI=1S/C18H14F6N2O2/c1-3-8-25(11-17(19,20)21)15(27)13-6-5-7-14(10-13)16(28)26(9-4-2)12-18(22,23)24/h1-2,5-7,10H,8-9,11-12H2. The van der Waals surface area contributed by atoms with Gasteiger partial charge in [0.05, 0.1) is 13.1 Å². The number of carbonyl (C=O) groups is 2. The van der Waals surface area contributed by atoms with Crippen molar-refractivity contribution < 1.29 is 35.9 Å². The number of rotatable bonds is 6. The molecule has 28 heavy (non-hydrogen) atoms. The number of amides is 2. The van der Waals surface area contributed by atoms with Crippen LogP contribution in [0.25, 0.3) is 0 Å². The molecule has 0 radical (unpaired) electrons. The summed E-state index contributed by atoms with van der Waals surface area (Å²) >= 11 is 0. The summed E-state index contributed by atoms with van der Waals surface area (Å²) in [6.45, 7) is -4.53. The van der Waals surface area contributed by atoms with Gasteiger partial charge in [0.2, 0.25) is 0 Å². The van der Waals surface area contributed by atoms with E-state index in [0.717, 1.165) is 24.3 Å². The van der Waals surface area contributed by atoms with Crippen LogP contribution in [0.15, 0.2) is 24.3 Å². The van der Waals surface area contributed by atoms with Crippen molar-refractivity contribution in [3.05, 3.63) is 35.4 Å². The second kappa shape index (κ2) is 9.18. The molecule has 2 amide bonds. The average molecular weight is 404 g/mol. The lowest BCUT2D eigenvalue weighted by Crippen LogP contribution is -2.40. The van der Waals surface area contributed by atoms with Crippen LogP contribution in [0.2, 0.25) is 0 Å². The highest BCUT2D eigenvalue weighted by Gasteiger charge is 2.34. The average Bonchev–Trinajstić information content (AvgIpc) is 2.57. The maximum Gasteiger partial charge on any atom is 0.406 e. The summed E-state index contributed by atoms with van der Waals surface area (Å²) in [5.41, 5.74) is -0.670. The fourth-order valence-corrected chi connectivity index (χ4v) is 2.20. The Morgan fingerprint density at radius 3 is 1.46 bits per heavy atom. The molecule has 0 heterocycles. The van der Waals surface area contributed by atoms with Gasteiger partial charge in [0.1, 0.15) is 13.1 Å². The van der Waals surface area contributed by atoms with Gasteiger partial charge in [-0.1, -0.05) is 17.9 Å². The molecule has 0 atom stereocenters. The van der Waals surface area contributed by atoms with Gasteiger partial charge < -0.3 is 9.80 Å². The monoisotopic (exact) mass is 404 g/mol. The number of terminal acetylenes is 2. The van der Waals surface area contributed by atoms with Crippen LogP contribution in [0, 0.1) is 24.7 Å². The van der Waals surface area contributed by atoms with Crippen LogP contribution in [-0.4, -0.2) is 60.1 Å². The largest absolute Gasteiger partial charge is 0.406 e. The first-order chi connectivity index (χ1) is 12.9. The Morgan fingerprint density at radius 2 is 1.18 bits per heavy atom. The van der Waals surface area contributed by atoms with Gasteiger partial charge in [-0.15, -0.1) is 12.8 Å². The van der Waals surface area contributed by atoms with Crippen molar-refractivity contribution in [1.29, 1.82) is 0 Å². The number of hydrogen-bond donors (Lipinski definition) is 0. The van der Waals surface area contributed by atoms with Gasteiger partial charge in [-0.3, -0.25) is 9.59 Å². The second-order valence-corrected chi connectivity index (χ2v) is 5.54. The van der Waals surface area contributed by atoms with Gasteiger partial charge in [0, 0.05) is 11.1 Å². The van der Waals surface area contributed by atoms with Gasteiger partial charge in [0.15, 0.2) is 0 Å². The molecule has 1 rings (SSSR count). The number of benzene rings is 1. The highest BCUT2D eigenvalue weighted by atomic mass is 19.4. The molecule has 0 unspecified atom stereocenters. The van der Waals surface area contributed by atoms with Crippen molar-refractivity contribution in [2.24, 2.45) is 0 Å². The zero-order chi connectivity index (χ0) is 21.5. The summed E-state index contributed by atoms with van der Waals surface area (Å²) in [7, 11) is 0. The minimum atomic E-state index is -4.71. The van der Waals surface area contributed by atoms with Gasteiger partial charge in [0.25, 0.3) is 11.8 Å². The third-order valence-corrected chi connectivity index (χ3v) is 3.24. The first-order valence-corrected chi connectivity index (χ1v) is 7.57. The van der Waals surface area contributed by atoms with Gasteiger partial charge in [-0.25, -0.2) is 0 Å². The van der Waals surface area contributed by atoms with E-state index >= 15 is 0 Å². The van der Waals surface area contributed by atoms with Crippen molar-refractivity contribution in [3.63, 3.8) is 0 Å². The van der Waals surface area contributed by atoms with Crippen LogP contribution >= 0.6 is 0 Å². The van der Waals surface area contributed by atoms with E-state index in [1.54, 1.807) is 0 Å². The van der Waals surface area contributed by atoms with Gasteiger partial charge in [-0.05, 0) is 18.2 Å². The van der Waals surface area contributed by atoms with Crippen LogP contribution in [0.1, 0.15) is 20.7 Å². The molecule has 150 valence electrons. The normalized spacial score (nSPS) is 11.3. The van der Waals surface area contributed by atoms with Crippen LogP contribution in [0.5, 0.6) is 0 Å². The molecule has 0 aliphatic heterocycles. The van der Waals surface area contributed by atoms with Crippen LogP contribution in [0.3, 0.4) is 0 Å². The second-order valence-electron chi connectivity index (χ2n) is 5.54. The Labute approximate surface area is 157 Å². The number of alkyl halides is 6. The zero-order valence-corrected chi connectivity index (χ0v) is 14.3. The Bertz CT molecular complexity index is 739. The van der Waals surface area contributed by atoms with Gasteiger partial charge >= 0.3 is 12.4 Å². The van der Waals surface area contributed by atoms with Crippen molar-refractivity contribution >= 4 is 11.8 Å². The highest BCUT2D eigenvalue weighted by molar-refractivity contribution is 5.99. The van der Waals surface area contributed by atoms with Crippen LogP contribution < -0.4 is 0 Å². The third-order valence-electron chi connectivity index (χ3n) is 3.24. The van der Waals surface area contributed by atoms with E-state index < -0.39 is 50.3 Å². The van der Waals surface area contributed by atoms with E-state index in [-0.39, 0.29) is 11.1 Å². The number of hydrogen-bond acceptors (Lipinski definition) is 2. The molecule has 0 aliphatic carbocycles. The maximum atomic E-state index is 12.6. The lowest BCUT2D eigenvalue weighted by molar-refractivity contribution is -0.140. The topological polar surface area (TPSA) is 40.6 Å². The summed E-state index contributed by atoms with van der Waals surface area (Å²) in [5.74, 6) is 1.60. The number of nitrogens with zero attached hydrogens (tertiary/aromatic N) is 2. The predicted molar refractivity (Wildman–Crippen MR) is 88.0 cm³/mol. The molecule has 1 aromatic rings. The lowest BCUT2D eigenvalue weighted by atomic mass is 10.1. The Kier molecular flexibility index (Phi) is 7.51. The van der Waals surface area contributed by atoms with E-state index in [4.69, 9.17) is 12.8 Å². The first-order valence-electron chi connectivity index (χ1n) is 7.57. The minimum absolute atomic E-state index is 0.332. The predicted octanol–water partition coefficient (Wildman–Crippen LogP) is 2.96. The zero-order valence-electron chi connectivity index (χ0n) is 14.3. The van der Waals surface area contributed by atoms with Crippen LogP contribution in [0.4, 0.5) is 26.3 Å². The molecule has 1 aromatic carbocycles. The minimum Gasteiger partial charge on any atom is -0.318 e. The molecule has 0 bridgehead atoms. The van der Waals surface area contributed by atoms with Crippen molar-refractivity contribution in [2.45, 2.75) is 12.4 Å². The van der Waals surface area contributed by atoms with Crippen molar-refractivity contribution in [1.82, 2.24) is 9.80 Å². The highest BCUT2D eigenvalue weighted by Crippen LogP contribution is 2.20. The van der Waals surface area contributed by atoms with E-state index in [2.05, 4.69) is 0 Å². The van der Waals surface area contributed by atoms with E-state index in [1.165, 1.54) is 0 Å². The van der Waals surface area contributed by atoms with Crippen molar-refractivity contribution in [2.75, 3.05) is 26.2 Å². The molecule has 0 saturated carbocycles. The summed E-state index contributed by atoms with van der Waals surface area (Å²) in [6.07, 6.45) is 0.529. The molecule has 10 heteroatoms. The molecule has 0 N–H and O–H groups in total. The number of carbonyl (C=O) groups excluding carboxylic acids is 2.